The minimum absolute atomic E-state index is 0.271. The highest BCUT2D eigenvalue weighted by molar-refractivity contribution is 9.62. The number of fused-ring (bicyclic) bond motifs is 1. The van der Waals surface area contributed by atoms with Crippen LogP contribution in [0.15, 0.2) is 34.9 Å². The molecule has 0 spiro atoms. The molecule has 0 aliphatic carbocycles. The number of hydrogen-bond acceptors (Lipinski definition) is 9. The maximum atomic E-state index is 12.1. The van der Waals surface area contributed by atoms with Crippen molar-refractivity contribution in [2.75, 3.05) is 5.32 Å². The van der Waals surface area contributed by atoms with E-state index in [1.807, 2.05) is 12.1 Å². The summed E-state index contributed by atoms with van der Waals surface area (Å²) in [7, 11) is 6.06. The molecule has 1 aliphatic rings. The second-order valence-electron chi connectivity index (χ2n) is 5.76. The van der Waals surface area contributed by atoms with Crippen molar-refractivity contribution in [2.45, 2.75) is 19.8 Å². The number of rotatable bonds is 4. The van der Waals surface area contributed by atoms with E-state index in [1.54, 1.807) is 57.6 Å². The van der Waals surface area contributed by atoms with Crippen LogP contribution in [0.1, 0.15) is 25.5 Å². The number of hydrogen-bond donors (Lipinski definition) is 3. The molecule has 0 aromatic carbocycles. The lowest BCUT2D eigenvalue weighted by Gasteiger charge is -2.12. The fourth-order valence-corrected chi connectivity index (χ4v) is 21.4. The zero-order valence-electron chi connectivity index (χ0n) is 14.2. The predicted molar refractivity (Wildman–Crippen MR) is 121 cm³/mol. The van der Waals surface area contributed by atoms with Gasteiger partial charge in [0.05, 0.1) is 6.20 Å². The summed E-state index contributed by atoms with van der Waals surface area (Å²) in [5, 5.41) is 2.76. The standard InChI is InChI=1S/C15H15N5O2S5/c1-8(2)11-4-5-12(22-11)10-7-16-9-3-6-13(18-14(9)17-10)19-15(21)20-27-25-23-24-26-27/h3-8,27H,1-2H3,(H2,17,18,19,20,21). The van der Waals surface area contributed by atoms with Gasteiger partial charge in [0.1, 0.15) is 22.8 Å². The SMILES string of the molecule is CC(C)c1ccc(-c2cnc3ccc(NC(=O)N[SH]4SSSS4)nc3n2)o1. The van der Waals surface area contributed by atoms with Gasteiger partial charge >= 0.3 is 6.03 Å². The van der Waals surface area contributed by atoms with Crippen LogP contribution in [-0.2, 0) is 0 Å². The average Bonchev–Trinajstić information content (AvgIpc) is 3.33. The molecule has 2 amide bonds. The van der Waals surface area contributed by atoms with E-state index in [0.717, 1.165) is 5.76 Å². The molecule has 1 fully saturated rings. The first-order chi connectivity index (χ1) is 13.1. The number of anilines is 1. The first-order valence-corrected chi connectivity index (χ1v) is 15.2. The highest BCUT2D eigenvalue weighted by atomic mass is 34.1. The Morgan fingerprint density at radius 2 is 1.96 bits per heavy atom. The van der Waals surface area contributed by atoms with Gasteiger partial charge in [-0.2, -0.15) is 0 Å². The summed E-state index contributed by atoms with van der Waals surface area (Å²) < 4.78 is 8.77. The van der Waals surface area contributed by atoms with E-state index in [9.17, 15) is 4.79 Å². The van der Waals surface area contributed by atoms with Crippen LogP contribution in [0, 0.1) is 0 Å². The molecule has 0 saturated carbocycles. The molecular weight excluding hydrogens is 443 g/mol. The quantitative estimate of drug-likeness (QED) is 0.324. The summed E-state index contributed by atoms with van der Waals surface area (Å²) in [6, 6.07) is 7.06. The summed E-state index contributed by atoms with van der Waals surface area (Å²) in [5.74, 6) is 2.28. The van der Waals surface area contributed by atoms with Gasteiger partial charge in [-0.15, -0.1) is 0 Å². The van der Waals surface area contributed by atoms with Crippen molar-refractivity contribution in [2.24, 2.45) is 0 Å². The number of amides is 2. The van der Waals surface area contributed by atoms with Crippen molar-refractivity contribution in [1.29, 1.82) is 0 Å². The van der Waals surface area contributed by atoms with Crippen molar-refractivity contribution in [3.8, 4) is 11.5 Å². The largest absolute Gasteiger partial charge is 0.459 e. The summed E-state index contributed by atoms with van der Waals surface area (Å²) in [5.41, 5.74) is 1.72. The number of urea groups is 1. The van der Waals surface area contributed by atoms with Crippen LogP contribution in [-0.4, -0.2) is 21.0 Å². The number of furan rings is 1. The van der Waals surface area contributed by atoms with E-state index in [-0.39, 0.29) is 6.03 Å². The molecule has 0 unspecified atom stereocenters. The third-order valence-corrected chi connectivity index (χ3v) is 18.3. The first kappa shape index (κ1) is 19.1. The van der Waals surface area contributed by atoms with E-state index in [0.29, 0.717) is 34.4 Å². The Morgan fingerprint density at radius 3 is 2.70 bits per heavy atom. The number of carbonyl (C=O) groups excluding carboxylic acids is 1. The van der Waals surface area contributed by atoms with E-state index in [4.69, 9.17) is 4.42 Å². The minimum Gasteiger partial charge on any atom is -0.459 e. The molecule has 0 atom stereocenters. The van der Waals surface area contributed by atoms with Crippen LogP contribution >= 0.6 is 48.4 Å². The van der Waals surface area contributed by atoms with Crippen LogP contribution in [0.2, 0.25) is 0 Å². The number of pyridine rings is 1. The lowest BCUT2D eigenvalue weighted by molar-refractivity contribution is 0.257. The molecule has 7 nitrogen and oxygen atoms in total. The van der Waals surface area contributed by atoms with Crippen molar-refractivity contribution in [3.63, 3.8) is 0 Å². The highest BCUT2D eigenvalue weighted by Crippen LogP contribution is 2.73. The molecule has 3 aromatic heterocycles. The number of nitrogens with one attached hydrogen (secondary N) is 2. The Balaban J connectivity index is 1.54. The molecule has 142 valence electrons. The van der Waals surface area contributed by atoms with Crippen molar-refractivity contribution in [3.05, 3.63) is 36.2 Å². The number of carbonyl (C=O) groups is 1. The molecule has 2 N–H and O–H groups in total. The maximum Gasteiger partial charge on any atom is 0.330 e. The van der Waals surface area contributed by atoms with E-state index >= 15 is 0 Å². The smallest absolute Gasteiger partial charge is 0.330 e. The van der Waals surface area contributed by atoms with Gasteiger partial charge in [0.25, 0.3) is 0 Å². The van der Waals surface area contributed by atoms with Gasteiger partial charge in [0.15, 0.2) is 11.4 Å². The van der Waals surface area contributed by atoms with Crippen molar-refractivity contribution >= 4 is 71.5 Å². The molecule has 3 aromatic rings. The van der Waals surface area contributed by atoms with Crippen LogP contribution < -0.4 is 10.0 Å². The van der Waals surface area contributed by atoms with Gasteiger partial charge in [-0.05, 0) is 63.6 Å². The molecular formula is C15H15N5O2S5. The van der Waals surface area contributed by atoms with Crippen LogP contribution in [0.3, 0.4) is 0 Å². The predicted octanol–water partition coefficient (Wildman–Crippen LogP) is 5.97. The van der Waals surface area contributed by atoms with Crippen molar-refractivity contribution < 1.29 is 9.21 Å². The van der Waals surface area contributed by atoms with Crippen LogP contribution in [0.25, 0.3) is 22.6 Å². The number of nitrogens with zero attached hydrogens (tertiary/aromatic N) is 3. The molecule has 4 heterocycles. The monoisotopic (exact) mass is 457 g/mol. The second kappa shape index (κ2) is 8.43. The topological polar surface area (TPSA) is 92.9 Å². The number of thiol groups is 1. The van der Waals surface area contributed by atoms with Gasteiger partial charge in [0.2, 0.25) is 0 Å². The summed E-state index contributed by atoms with van der Waals surface area (Å²) in [6.07, 6.45) is 1.67. The van der Waals surface area contributed by atoms with Gasteiger partial charge < -0.3 is 4.42 Å². The maximum absolute atomic E-state index is 12.1. The third-order valence-electron chi connectivity index (χ3n) is 3.51. The fourth-order valence-electron chi connectivity index (χ4n) is 2.24. The normalized spacial score (nSPS) is 15.4. The van der Waals surface area contributed by atoms with E-state index in [2.05, 4.69) is 38.8 Å². The Hall–Kier alpha value is -1.21. The molecule has 0 radical (unpaired) electrons. The zero-order valence-corrected chi connectivity index (χ0v) is 18.4. The second-order valence-corrected chi connectivity index (χ2v) is 16.8. The van der Waals surface area contributed by atoms with E-state index < -0.39 is 9.15 Å². The summed E-state index contributed by atoms with van der Waals surface area (Å²) >= 11 is 0. The van der Waals surface area contributed by atoms with Crippen LogP contribution in [0.4, 0.5) is 10.6 Å². The summed E-state index contributed by atoms with van der Waals surface area (Å²) in [4.78, 5) is 25.5. The Labute approximate surface area is 172 Å². The third kappa shape index (κ3) is 4.62. The van der Waals surface area contributed by atoms with Gasteiger partial charge in [-0.1, -0.05) is 23.0 Å². The zero-order chi connectivity index (χ0) is 18.8. The lowest BCUT2D eigenvalue weighted by Crippen LogP contribution is -2.24. The fraction of sp³-hybridized carbons (Fsp3) is 0.200. The molecule has 12 heteroatoms. The average molecular weight is 458 g/mol. The van der Waals surface area contributed by atoms with Crippen molar-refractivity contribution in [1.82, 2.24) is 19.7 Å². The molecule has 4 rings (SSSR count). The molecule has 0 bridgehead atoms. The number of aromatic nitrogens is 3. The first-order valence-electron chi connectivity index (χ1n) is 7.88. The molecule has 1 aliphatic heterocycles. The Morgan fingerprint density at radius 1 is 1.15 bits per heavy atom. The van der Waals surface area contributed by atoms with E-state index in [1.165, 1.54) is 0 Å². The molecule has 1 saturated heterocycles. The van der Waals surface area contributed by atoms with Gasteiger partial charge in [-0.3, -0.25) is 15.0 Å². The van der Waals surface area contributed by atoms with Crippen LogP contribution in [0.5, 0.6) is 0 Å². The lowest BCUT2D eigenvalue weighted by atomic mass is 10.2. The summed E-state index contributed by atoms with van der Waals surface area (Å²) in [6.45, 7) is 4.14. The van der Waals surface area contributed by atoms with Gasteiger partial charge in [-0.25, -0.2) is 14.8 Å². The Bertz CT molecular complexity index is 976. The highest BCUT2D eigenvalue weighted by Gasteiger charge is 2.18. The van der Waals surface area contributed by atoms with Gasteiger partial charge in [0, 0.05) is 5.92 Å². The Kier molecular flexibility index (Phi) is 5.97. The molecule has 27 heavy (non-hydrogen) atoms. The minimum atomic E-state index is -0.625.